The molecular weight excluding hydrogens is 375 g/mol. The van der Waals surface area contributed by atoms with Gasteiger partial charge in [0.1, 0.15) is 11.9 Å². The van der Waals surface area contributed by atoms with E-state index in [9.17, 15) is 18.8 Å². The molecule has 1 atom stereocenters. The van der Waals surface area contributed by atoms with Gasteiger partial charge in [0.25, 0.3) is 5.91 Å². The average molecular weight is 396 g/mol. The standard InChI is InChI=1S/C22H21FN2O4/c1-13(2)20(25-21(27)15-8-3-5-9-17(15)23)22(28)29-12-19(26)16-11-24-18-10-6-4-7-14(16)18/h3-11,13,20,24H,12H2,1-2H3,(H,25,27)/t20-/m0/s1. The molecule has 0 fully saturated rings. The summed E-state index contributed by atoms with van der Waals surface area (Å²) in [5.74, 6) is -2.84. The van der Waals surface area contributed by atoms with E-state index in [2.05, 4.69) is 10.3 Å². The van der Waals surface area contributed by atoms with Crippen LogP contribution in [0.3, 0.4) is 0 Å². The molecule has 0 unspecified atom stereocenters. The number of ether oxygens (including phenoxy) is 1. The third kappa shape index (κ3) is 4.51. The lowest BCUT2D eigenvalue weighted by Crippen LogP contribution is -2.46. The molecule has 3 aromatic rings. The second kappa shape index (κ2) is 8.68. The topological polar surface area (TPSA) is 88.3 Å². The predicted octanol–water partition coefficient (Wildman–Crippen LogP) is 3.49. The molecule has 29 heavy (non-hydrogen) atoms. The maximum atomic E-state index is 13.8. The van der Waals surface area contributed by atoms with Gasteiger partial charge in [0.2, 0.25) is 5.78 Å². The van der Waals surface area contributed by atoms with Crippen molar-refractivity contribution in [3.63, 3.8) is 0 Å². The first-order chi connectivity index (χ1) is 13.9. The summed E-state index contributed by atoms with van der Waals surface area (Å²) in [6, 6.07) is 11.8. The van der Waals surface area contributed by atoms with Crippen LogP contribution in [0.15, 0.2) is 54.7 Å². The van der Waals surface area contributed by atoms with Crippen molar-refractivity contribution in [3.8, 4) is 0 Å². The highest BCUT2D eigenvalue weighted by Crippen LogP contribution is 2.18. The third-order valence-electron chi connectivity index (χ3n) is 4.56. The molecule has 2 N–H and O–H groups in total. The highest BCUT2D eigenvalue weighted by Gasteiger charge is 2.28. The largest absolute Gasteiger partial charge is 0.456 e. The van der Waals surface area contributed by atoms with Crippen molar-refractivity contribution in [1.82, 2.24) is 10.3 Å². The molecular formula is C22H21FN2O4. The van der Waals surface area contributed by atoms with Crippen LogP contribution in [0.1, 0.15) is 34.6 Å². The SMILES string of the molecule is CC(C)[C@H](NC(=O)c1ccccc1F)C(=O)OCC(=O)c1c[nH]c2ccccc12. The van der Waals surface area contributed by atoms with Crippen molar-refractivity contribution < 1.29 is 23.5 Å². The summed E-state index contributed by atoms with van der Waals surface area (Å²) in [5.41, 5.74) is 1.06. The maximum absolute atomic E-state index is 13.8. The van der Waals surface area contributed by atoms with Gasteiger partial charge >= 0.3 is 5.97 Å². The van der Waals surface area contributed by atoms with E-state index < -0.39 is 30.3 Å². The number of carbonyl (C=O) groups is 3. The Kier molecular flexibility index (Phi) is 6.07. The summed E-state index contributed by atoms with van der Waals surface area (Å²) in [6.07, 6.45) is 1.57. The van der Waals surface area contributed by atoms with Crippen LogP contribution in [0.2, 0.25) is 0 Å². The number of H-pyrrole nitrogens is 1. The molecule has 0 saturated carbocycles. The maximum Gasteiger partial charge on any atom is 0.329 e. The molecule has 1 aromatic heterocycles. The van der Waals surface area contributed by atoms with Crippen LogP contribution in [0.25, 0.3) is 10.9 Å². The number of benzene rings is 2. The van der Waals surface area contributed by atoms with E-state index in [1.54, 1.807) is 26.1 Å². The zero-order valence-corrected chi connectivity index (χ0v) is 16.1. The van der Waals surface area contributed by atoms with Gasteiger partial charge in [0, 0.05) is 22.7 Å². The summed E-state index contributed by atoms with van der Waals surface area (Å²) in [5, 5.41) is 3.23. The van der Waals surface area contributed by atoms with Gasteiger partial charge in [-0.3, -0.25) is 9.59 Å². The van der Waals surface area contributed by atoms with E-state index >= 15 is 0 Å². The molecule has 6 nitrogen and oxygen atoms in total. The predicted molar refractivity (Wildman–Crippen MR) is 106 cm³/mol. The quantitative estimate of drug-likeness (QED) is 0.473. The highest BCUT2D eigenvalue weighted by atomic mass is 19.1. The Morgan fingerprint density at radius 2 is 1.72 bits per heavy atom. The Bertz CT molecular complexity index is 1060. The number of para-hydroxylation sites is 1. The third-order valence-corrected chi connectivity index (χ3v) is 4.56. The molecule has 1 amide bonds. The van der Waals surface area contributed by atoms with Gasteiger partial charge in [-0.05, 0) is 24.1 Å². The van der Waals surface area contributed by atoms with Crippen molar-refractivity contribution in [2.45, 2.75) is 19.9 Å². The second-order valence-electron chi connectivity index (χ2n) is 6.95. The van der Waals surface area contributed by atoms with Crippen LogP contribution in [-0.4, -0.2) is 35.3 Å². The number of Topliss-reactive ketones (excluding diaryl/α,β-unsaturated/α-hetero) is 1. The number of hydrogen-bond donors (Lipinski definition) is 2. The number of ketones is 1. The van der Waals surface area contributed by atoms with Crippen LogP contribution >= 0.6 is 0 Å². The number of amides is 1. The molecule has 0 saturated heterocycles. The van der Waals surface area contributed by atoms with Gasteiger partial charge in [-0.1, -0.05) is 44.2 Å². The summed E-state index contributed by atoms with van der Waals surface area (Å²) in [7, 11) is 0. The van der Waals surface area contributed by atoms with E-state index in [4.69, 9.17) is 4.74 Å². The fourth-order valence-corrected chi connectivity index (χ4v) is 2.97. The van der Waals surface area contributed by atoms with E-state index in [1.165, 1.54) is 18.2 Å². The summed E-state index contributed by atoms with van der Waals surface area (Å²) >= 11 is 0. The summed E-state index contributed by atoms with van der Waals surface area (Å²) in [4.78, 5) is 40.3. The Morgan fingerprint density at radius 3 is 2.45 bits per heavy atom. The van der Waals surface area contributed by atoms with Gasteiger partial charge in [0.05, 0.1) is 5.56 Å². The highest BCUT2D eigenvalue weighted by molar-refractivity contribution is 6.09. The molecule has 0 radical (unpaired) electrons. The lowest BCUT2D eigenvalue weighted by molar-refractivity contribution is -0.145. The molecule has 150 valence electrons. The first-order valence-electron chi connectivity index (χ1n) is 9.20. The number of hydrogen-bond acceptors (Lipinski definition) is 4. The Labute approximate surface area is 167 Å². The lowest BCUT2D eigenvalue weighted by atomic mass is 10.0. The molecule has 3 rings (SSSR count). The van der Waals surface area contributed by atoms with E-state index in [1.807, 2.05) is 18.2 Å². The van der Waals surface area contributed by atoms with E-state index in [0.717, 1.165) is 17.0 Å². The van der Waals surface area contributed by atoms with Gasteiger partial charge < -0.3 is 15.0 Å². The number of fused-ring (bicyclic) bond motifs is 1. The van der Waals surface area contributed by atoms with Crippen molar-refractivity contribution >= 4 is 28.6 Å². The van der Waals surface area contributed by atoms with Gasteiger partial charge in [-0.2, -0.15) is 0 Å². The minimum absolute atomic E-state index is 0.166. The lowest BCUT2D eigenvalue weighted by Gasteiger charge is -2.20. The summed E-state index contributed by atoms with van der Waals surface area (Å²) in [6.45, 7) is 2.98. The number of rotatable bonds is 7. The number of halogens is 1. The Morgan fingerprint density at radius 1 is 1.03 bits per heavy atom. The normalized spacial score (nSPS) is 12.0. The number of aromatic nitrogens is 1. The minimum atomic E-state index is -1.02. The molecule has 2 aromatic carbocycles. The van der Waals surface area contributed by atoms with E-state index in [-0.39, 0.29) is 17.3 Å². The zero-order valence-electron chi connectivity index (χ0n) is 16.1. The number of aromatic amines is 1. The number of nitrogens with one attached hydrogen (secondary N) is 2. The second-order valence-corrected chi connectivity index (χ2v) is 6.95. The zero-order chi connectivity index (χ0) is 21.0. The molecule has 0 aliphatic carbocycles. The molecule has 1 heterocycles. The average Bonchev–Trinajstić information content (AvgIpc) is 3.14. The van der Waals surface area contributed by atoms with Crippen molar-refractivity contribution in [1.29, 1.82) is 0 Å². The minimum Gasteiger partial charge on any atom is -0.456 e. The van der Waals surface area contributed by atoms with Crippen LogP contribution in [0.4, 0.5) is 4.39 Å². The Hall–Kier alpha value is -3.48. The van der Waals surface area contributed by atoms with Crippen LogP contribution in [0.5, 0.6) is 0 Å². The van der Waals surface area contributed by atoms with Crippen molar-refractivity contribution in [2.24, 2.45) is 5.92 Å². The molecule has 0 spiro atoms. The van der Waals surface area contributed by atoms with Crippen molar-refractivity contribution in [2.75, 3.05) is 6.61 Å². The van der Waals surface area contributed by atoms with Crippen molar-refractivity contribution in [3.05, 3.63) is 71.7 Å². The molecule has 0 aliphatic rings. The van der Waals surface area contributed by atoms with Gasteiger partial charge in [-0.15, -0.1) is 0 Å². The number of esters is 1. The smallest absolute Gasteiger partial charge is 0.329 e. The molecule has 0 aliphatic heterocycles. The fraction of sp³-hybridized carbons (Fsp3) is 0.227. The van der Waals surface area contributed by atoms with Crippen LogP contribution in [0, 0.1) is 11.7 Å². The summed E-state index contributed by atoms with van der Waals surface area (Å²) < 4.78 is 19.0. The monoisotopic (exact) mass is 396 g/mol. The van der Waals surface area contributed by atoms with E-state index in [0.29, 0.717) is 5.56 Å². The fourth-order valence-electron chi connectivity index (χ4n) is 2.97. The van der Waals surface area contributed by atoms with Crippen LogP contribution in [-0.2, 0) is 9.53 Å². The number of carbonyl (C=O) groups excluding carboxylic acids is 3. The molecule has 0 bridgehead atoms. The molecule has 7 heteroatoms. The van der Waals surface area contributed by atoms with Gasteiger partial charge in [-0.25, -0.2) is 9.18 Å². The first kappa shape index (κ1) is 20.3. The van der Waals surface area contributed by atoms with Gasteiger partial charge in [0.15, 0.2) is 6.61 Å². The first-order valence-corrected chi connectivity index (χ1v) is 9.20. The van der Waals surface area contributed by atoms with Crippen LogP contribution < -0.4 is 5.32 Å². The Balaban J connectivity index is 1.66.